The summed E-state index contributed by atoms with van der Waals surface area (Å²) in [6, 6.07) is 5.80. The van der Waals surface area contributed by atoms with Crippen LogP contribution >= 0.6 is 23.6 Å². The van der Waals surface area contributed by atoms with Crippen LogP contribution < -0.4 is 0 Å². The van der Waals surface area contributed by atoms with Crippen LogP contribution in [0.5, 0.6) is 0 Å². The molecule has 0 aliphatic carbocycles. The average molecular weight is 389 g/mol. The van der Waals surface area contributed by atoms with Gasteiger partial charge < -0.3 is 4.90 Å². The molecular weight excluding hydrogens is 368 g/mol. The van der Waals surface area contributed by atoms with Crippen LogP contribution in [-0.2, 0) is 6.67 Å². The number of hydrogen-bond acceptors (Lipinski definition) is 6. The Balaban J connectivity index is 1.46. The maximum absolute atomic E-state index is 12.4. The molecule has 0 spiro atoms. The second-order valence-electron chi connectivity index (χ2n) is 6.49. The Morgan fingerprint density at radius 1 is 1.27 bits per heavy atom. The lowest BCUT2D eigenvalue weighted by molar-refractivity contribution is 0.0590. The first-order valence-corrected chi connectivity index (χ1v) is 9.80. The van der Waals surface area contributed by atoms with Crippen molar-refractivity contribution in [2.24, 2.45) is 0 Å². The first kappa shape index (κ1) is 17.3. The summed E-state index contributed by atoms with van der Waals surface area (Å²) in [4.78, 5) is 21.9. The van der Waals surface area contributed by atoms with Crippen molar-refractivity contribution in [1.82, 2.24) is 29.0 Å². The highest BCUT2D eigenvalue weighted by molar-refractivity contribution is 7.71. The molecule has 0 radical (unpaired) electrons. The number of carbonyl (C=O) groups excluding carboxylic acids is 1. The van der Waals surface area contributed by atoms with Crippen LogP contribution in [0.3, 0.4) is 0 Å². The van der Waals surface area contributed by atoms with Crippen molar-refractivity contribution >= 4 is 35.2 Å². The Morgan fingerprint density at radius 3 is 2.73 bits per heavy atom. The molecule has 9 heteroatoms. The number of rotatable bonds is 3. The van der Waals surface area contributed by atoms with Crippen molar-refractivity contribution in [2.45, 2.75) is 20.5 Å². The zero-order chi connectivity index (χ0) is 18.3. The van der Waals surface area contributed by atoms with E-state index in [2.05, 4.69) is 15.0 Å². The monoisotopic (exact) mass is 388 g/mol. The topological polar surface area (TPSA) is 58.7 Å². The molecule has 0 N–H and O–H groups in total. The van der Waals surface area contributed by atoms with Crippen molar-refractivity contribution in [3.8, 4) is 0 Å². The van der Waals surface area contributed by atoms with Crippen molar-refractivity contribution in [3.05, 3.63) is 44.6 Å². The third-order valence-corrected chi connectivity index (χ3v) is 5.85. The number of amides is 1. The zero-order valence-corrected chi connectivity index (χ0v) is 16.4. The maximum atomic E-state index is 12.4. The van der Waals surface area contributed by atoms with E-state index in [-0.39, 0.29) is 5.91 Å². The number of piperazine rings is 1. The second-order valence-corrected chi connectivity index (χ2v) is 7.80. The van der Waals surface area contributed by atoms with Gasteiger partial charge in [-0.3, -0.25) is 14.1 Å². The smallest absolute Gasteiger partial charge is 0.264 e. The van der Waals surface area contributed by atoms with Gasteiger partial charge in [-0.15, -0.1) is 16.4 Å². The molecule has 4 rings (SSSR count). The molecule has 7 nitrogen and oxygen atoms in total. The van der Waals surface area contributed by atoms with Crippen LogP contribution in [-0.4, -0.2) is 61.1 Å². The standard InChI is InChI=1S/C17H20N6OS2/c1-12-10-13(2)23-16(18-12)19-22(17(23)25)11-20-5-7-21(8-6-20)15(24)14-4-3-9-26-14/h3-4,9-10H,5-8,11H2,1-2H3. The zero-order valence-electron chi connectivity index (χ0n) is 14.8. The Morgan fingerprint density at radius 2 is 2.04 bits per heavy atom. The molecule has 1 amide bonds. The van der Waals surface area contributed by atoms with Gasteiger partial charge in [-0.1, -0.05) is 6.07 Å². The number of nitrogens with zero attached hydrogens (tertiary/aromatic N) is 6. The molecule has 0 bridgehead atoms. The number of hydrogen-bond donors (Lipinski definition) is 0. The van der Waals surface area contributed by atoms with Crippen LogP contribution in [0.15, 0.2) is 23.6 Å². The van der Waals surface area contributed by atoms with Gasteiger partial charge in [0.15, 0.2) is 0 Å². The lowest BCUT2D eigenvalue weighted by Gasteiger charge is -2.34. The predicted octanol–water partition coefficient (Wildman–Crippen LogP) is 2.35. The third kappa shape index (κ3) is 3.17. The predicted molar refractivity (Wildman–Crippen MR) is 103 cm³/mol. The van der Waals surface area contributed by atoms with E-state index in [4.69, 9.17) is 12.2 Å². The van der Waals surface area contributed by atoms with E-state index in [1.54, 1.807) is 0 Å². The fourth-order valence-electron chi connectivity index (χ4n) is 3.26. The van der Waals surface area contributed by atoms with Gasteiger partial charge in [0, 0.05) is 37.6 Å². The second kappa shape index (κ2) is 6.90. The van der Waals surface area contributed by atoms with Gasteiger partial charge >= 0.3 is 0 Å². The minimum atomic E-state index is 0.124. The highest BCUT2D eigenvalue weighted by Gasteiger charge is 2.23. The Labute approximate surface area is 160 Å². The van der Waals surface area contributed by atoms with Gasteiger partial charge in [0.05, 0.1) is 11.5 Å². The highest BCUT2D eigenvalue weighted by atomic mass is 32.1. The van der Waals surface area contributed by atoms with E-state index in [9.17, 15) is 4.79 Å². The number of aryl methyl sites for hydroxylation is 2. The summed E-state index contributed by atoms with van der Waals surface area (Å²) < 4.78 is 4.38. The first-order chi connectivity index (χ1) is 12.5. The van der Waals surface area contributed by atoms with E-state index in [0.717, 1.165) is 29.4 Å². The Bertz CT molecular complexity index is 998. The molecule has 1 fully saturated rings. The van der Waals surface area contributed by atoms with Crippen LogP contribution in [0, 0.1) is 18.6 Å². The van der Waals surface area contributed by atoms with E-state index < -0.39 is 0 Å². The van der Waals surface area contributed by atoms with Crippen molar-refractivity contribution in [1.29, 1.82) is 0 Å². The van der Waals surface area contributed by atoms with E-state index in [0.29, 0.717) is 30.3 Å². The van der Waals surface area contributed by atoms with Gasteiger partial charge in [-0.2, -0.15) is 0 Å². The molecule has 3 aromatic rings. The van der Waals surface area contributed by atoms with Gasteiger partial charge in [-0.25, -0.2) is 9.67 Å². The average Bonchev–Trinajstić information content (AvgIpc) is 3.24. The summed E-state index contributed by atoms with van der Waals surface area (Å²) in [5.74, 6) is 0.762. The first-order valence-electron chi connectivity index (χ1n) is 8.52. The largest absolute Gasteiger partial charge is 0.335 e. The van der Waals surface area contributed by atoms with Crippen LogP contribution in [0.25, 0.3) is 5.78 Å². The van der Waals surface area contributed by atoms with Gasteiger partial charge in [0.25, 0.3) is 11.7 Å². The van der Waals surface area contributed by atoms with Crippen molar-refractivity contribution in [3.63, 3.8) is 0 Å². The molecule has 0 unspecified atom stereocenters. The van der Waals surface area contributed by atoms with Gasteiger partial charge in [0.1, 0.15) is 0 Å². The summed E-state index contributed by atoms with van der Waals surface area (Å²) >= 11 is 7.07. The minimum absolute atomic E-state index is 0.124. The molecule has 1 aliphatic rings. The lowest BCUT2D eigenvalue weighted by Crippen LogP contribution is -2.48. The van der Waals surface area contributed by atoms with Crippen LogP contribution in [0.2, 0.25) is 0 Å². The maximum Gasteiger partial charge on any atom is 0.264 e. The molecule has 3 aromatic heterocycles. The summed E-state index contributed by atoms with van der Waals surface area (Å²) in [6.45, 7) is 7.62. The van der Waals surface area contributed by atoms with E-state index >= 15 is 0 Å². The molecule has 0 atom stereocenters. The molecule has 1 aliphatic heterocycles. The summed E-state index contributed by atoms with van der Waals surface area (Å²) in [7, 11) is 0. The lowest BCUT2D eigenvalue weighted by atomic mass is 10.3. The number of fused-ring (bicyclic) bond motifs is 1. The van der Waals surface area contributed by atoms with Gasteiger partial charge in [0.2, 0.25) is 4.77 Å². The molecule has 26 heavy (non-hydrogen) atoms. The summed E-state index contributed by atoms with van der Waals surface area (Å²) in [6.07, 6.45) is 0. The molecule has 136 valence electrons. The van der Waals surface area contributed by atoms with Gasteiger partial charge in [-0.05, 0) is 43.6 Å². The summed E-state index contributed by atoms with van der Waals surface area (Å²) in [5.41, 5.74) is 1.97. The Kier molecular flexibility index (Phi) is 4.60. The summed E-state index contributed by atoms with van der Waals surface area (Å²) in [5, 5.41) is 6.50. The molecule has 0 saturated carbocycles. The van der Waals surface area contributed by atoms with E-state index in [1.807, 2.05) is 51.4 Å². The molecular formula is C17H20N6OS2. The quantitative estimate of drug-likeness (QED) is 0.645. The fourth-order valence-corrected chi connectivity index (χ4v) is 4.28. The normalized spacial score (nSPS) is 15.7. The minimum Gasteiger partial charge on any atom is -0.335 e. The fraction of sp³-hybridized carbons (Fsp3) is 0.412. The van der Waals surface area contributed by atoms with Crippen LogP contribution in [0.1, 0.15) is 21.1 Å². The number of aromatic nitrogens is 4. The van der Waals surface area contributed by atoms with Crippen LogP contribution in [0.4, 0.5) is 0 Å². The number of thiophene rings is 1. The highest BCUT2D eigenvalue weighted by Crippen LogP contribution is 2.14. The number of carbonyl (C=O) groups is 1. The Hall–Kier alpha value is -2.10. The van der Waals surface area contributed by atoms with E-state index in [1.165, 1.54) is 11.3 Å². The molecule has 1 saturated heterocycles. The molecule has 0 aromatic carbocycles. The molecule has 4 heterocycles. The SMILES string of the molecule is Cc1cc(C)n2c(=S)n(CN3CCN(C(=O)c4cccs4)CC3)nc2n1. The third-order valence-electron chi connectivity index (χ3n) is 4.59. The van der Waals surface area contributed by atoms with Crippen molar-refractivity contribution in [2.75, 3.05) is 26.2 Å². The van der Waals surface area contributed by atoms with Crippen molar-refractivity contribution < 1.29 is 4.79 Å².